The zero-order valence-corrected chi connectivity index (χ0v) is 18.1. The molecule has 0 radical (unpaired) electrons. The van der Waals surface area contributed by atoms with Gasteiger partial charge in [-0.1, -0.05) is 18.2 Å². The molecular weight excluding hydrogens is 480 g/mol. The Morgan fingerprint density at radius 1 is 0.833 bits per heavy atom. The molecule has 5 rings (SSSR count). The van der Waals surface area contributed by atoms with Crippen LogP contribution in [0.4, 0.5) is 29.1 Å². The van der Waals surface area contributed by atoms with Crippen LogP contribution in [0.1, 0.15) is 36.6 Å². The fraction of sp³-hybridized carbons (Fsp3) is 0.0400. The van der Waals surface area contributed by atoms with E-state index in [4.69, 9.17) is 0 Å². The number of hydrogen-bond donors (Lipinski definition) is 1. The number of fused-ring (bicyclic) bond motifs is 1. The van der Waals surface area contributed by atoms with Crippen LogP contribution in [0.25, 0.3) is 0 Å². The van der Waals surface area contributed by atoms with Gasteiger partial charge in [-0.25, -0.2) is 22.5 Å². The Morgan fingerprint density at radius 2 is 1.47 bits per heavy atom. The molecule has 1 aliphatic heterocycles. The Hall–Kier alpha value is -4.80. The van der Waals surface area contributed by atoms with Crippen LogP contribution >= 0.6 is 0 Å². The summed E-state index contributed by atoms with van der Waals surface area (Å²) in [6.45, 7) is -0.628. The number of rotatable bonds is 5. The minimum Gasteiger partial charge on any atom is -0.305 e. The molecule has 36 heavy (non-hydrogen) atoms. The summed E-state index contributed by atoms with van der Waals surface area (Å²) in [5, 5.41) is 6.43. The summed E-state index contributed by atoms with van der Waals surface area (Å²) in [4.78, 5) is 39.2. The number of halogens is 4. The molecule has 0 bridgehead atoms. The van der Waals surface area contributed by atoms with Gasteiger partial charge in [0.1, 0.15) is 0 Å². The zero-order valence-electron chi connectivity index (χ0n) is 18.1. The molecular formula is C25H14F4N4O3. The molecule has 180 valence electrons. The van der Waals surface area contributed by atoms with Gasteiger partial charge in [-0.15, -0.1) is 0 Å². The van der Waals surface area contributed by atoms with Crippen LogP contribution in [0.15, 0.2) is 66.9 Å². The molecule has 0 spiro atoms. The first kappa shape index (κ1) is 23.0. The van der Waals surface area contributed by atoms with Gasteiger partial charge in [0.2, 0.25) is 0 Å². The van der Waals surface area contributed by atoms with Gasteiger partial charge >= 0.3 is 0 Å². The first-order valence-corrected chi connectivity index (χ1v) is 10.5. The summed E-state index contributed by atoms with van der Waals surface area (Å²) in [6.07, 6.45) is 1.26. The summed E-state index contributed by atoms with van der Waals surface area (Å²) in [7, 11) is 0. The van der Waals surface area contributed by atoms with E-state index in [9.17, 15) is 31.9 Å². The molecule has 0 fully saturated rings. The second-order valence-corrected chi connectivity index (χ2v) is 7.84. The number of aromatic nitrogens is 2. The highest BCUT2D eigenvalue weighted by molar-refractivity contribution is 6.34. The molecule has 1 aliphatic rings. The lowest BCUT2D eigenvalue weighted by Gasteiger charge is -2.14. The van der Waals surface area contributed by atoms with Crippen molar-refractivity contribution in [1.82, 2.24) is 9.78 Å². The van der Waals surface area contributed by atoms with Crippen molar-refractivity contribution in [3.63, 3.8) is 0 Å². The largest absolute Gasteiger partial charge is 0.305 e. The minimum atomic E-state index is -1.54. The average Bonchev–Trinajstić information content (AvgIpc) is 3.42. The summed E-state index contributed by atoms with van der Waals surface area (Å²) >= 11 is 0. The topological polar surface area (TPSA) is 84.3 Å². The van der Waals surface area contributed by atoms with Crippen molar-refractivity contribution in [3.8, 4) is 0 Å². The van der Waals surface area contributed by atoms with Gasteiger partial charge in [-0.05, 0) is 30.3 Å². The number of nitrogens with zero attached hydrogens (tertiary/aromatic N) is 3. The maximum Gasteiger partial charge on any atom is 0.266 e. The number of hydrogen-bond acceptors (Lipinski definition) is 4. The number of anilines is 2. The molecule has 4 aromatic rings. The quantitative estimate of drug-likeness (QED) is 0.251. The van der Waals surface area contributed by atoms with Crippen molar-refractivity contribution in [3.05, 3.63) is 112 Å². The zero-order chi connectivity index (χ0) is 25.6. The van der Waals surface area contributed by atoms with Crippen molar-refractivity contribution >= 4 is 29.2 Å². The van der Waals surface area contributed by atoms with Crippen molar-refractivity contribution in [2.45, 2.75) is 6.54 Å². The molecule has 0 unspecified atom stereocenters. The van der Waals surface area contributed by atoms with E-state index in [2.05, 4.69) is 10.4 Å². The van der Waals surface area contributed by atoms with Gasteiger partial charge in [-0.3, -0.25) is 19.1 Å². The Morgan fingerprint density at radius 3 is 2.11 bits per heavy atom. The van der Waals surface area contributed by atoms with E-state index in [0.717, 1.165) is 9.58 Å². The fourth-order valence-corrected chi connectivity index (χ4v) is 3.84. The van der Waals surface area contributed by atoms with Crippen LogP contribution in [0.5, 0.6) is 0 Å². The molecule has 2 heterocycles. The van der Waals surface area contributed by atoms with Crippen LogP contribution in [-0.4, -0.2) is 27.5 Å². The number of nitrogens with one attached hydrogen (secondary N) is 1. The summed E-state index contributed by atoms with van der Waals surface area (Å²) in [6, 6.07) is 13.6. The lowest BCUT2D eigenvalue weighted by atomic mass is 10.1. The fourth-order valence-electron chi connectivity index (χ4n) is 3.84. The summed E-state index contributed by atoms with van der Waals surface area (Å²) in [5.41, 5.74) is -0.0497. The van der Waals surface area contributed by atoms with Crippen LogP contribution in [0, 0.1) is 23.3 Å². The van der Waals surface area contributed by atoms with Gasteiger partial charge in [0.05, 0.1) is 28.9 Å². The maximum absolute atomic E-state index is 13.9. The Kier molecular flexibility index (Phi) is 5.59. The van der Waals surface area contributed by atoms with Crippen LogP contribution in [0.2, 0.25) is 0 Å². The predicted molar refractivity (Wildman–Crippen MR) is 120 cm³/mol. The van der Waals surface area contributed by atoms with E-state index < -0.39 is 53.1 Å². The standard InChI is InChI=1S/C25H14F4N4O3/c26-18-11-19(27)22(29)17(21(18)28)12-32-9-8-20(31-32)30-23(34)13-4-3-5-14(10-13)33-24(35)15-6-1-2-7-16(15)25(33)36/h1-11H,12H2,(H,30,31,34). The smallest absolute Gasteiger partial charge is 0.266 e. The molecule has 0 saturated carbocycles. The molecule has 1 aromatic heterocycles. The van der Waals surface area contributed by atoms with Gasteiger partial charge in [-0.2, -0.15) is 5.10 Å². The van der Waals surface area contributed by atoms with Crippen molar-refractivity contribution in [2.75, 3.05) is 10.2 Å². The number of carbonyl (C=O) groups is 3. The highest BCUT2D eigenvalue weighted by atomic mass is 19.2. The van der Waals surface area contributed by atoms with Crippen molar-refractivity contribution < 1.29 is 31.9 Å². The summed E-state index contributed by atoms with van der Waals surface area (Å²) < 4.78 is 55.7. The number of carbonyl (C=O) groups excluding carboxylic acids is 3. The van der Waals surface area contributed by atoms with E-state index >= 15 is 0 Å². The molecule has 0 atom stereocenters. The lowest BCUT2D eigenvalue weighted by Crippen LogP contribution is -2.29. The molecule has 11 heteroatoms. The third kappa shape index (κ3) is 3.90. The number of imide groups is 1. The molecule has 7 nitrogen and oxygen atoms in total. The van der Waals surface area contributed by atoms with Gasteiger partial charge in [0.15, 0.2) is 29.1 Å². The monoisotopic (exact) mass is 494 g/mol. The Balaban J connectivity index is 1.34. The van der Waals surface area contributed by atoms with Crippen molar-refractivity contribution in [1.29, 1.82) is 0 Å². The number of amides is 3. The highest BCUT2D eigenvalue weighted by Crippen LogP contribution is 2.29. The first-order chi connectivity index (χ1) is 17.2. The Labute approximate surface area is 200 Å². The van der Waals surface area contributed by atoms with E-state index in [-0.39, 0.29) is 34.3 Å². The first-order valence-electron chi connectivity index (χ1n) is 10.5. The molecule has 0 saturated heterocycles. The average molecular weight is 494 g/mol. The van der Waals surface area contributed by atoms with Crippen LogP contribution in [0.3, 0.4) is 0 Å². The lowest BCUT2D eigenvalue weighted by molar-refractivity contribution is 0.0924. The van der Waals surface area contributed by atoms with Crippen molar-refractivity contribution in [2.24, 2.45) is 0 Å². The van der Waals surface area contributed by atoms with Gasteiger partial charge in [0.25, 0.3) is 17.7 Å². The van der Waals surface area contributed by atoms with E-state index in [1.54, 1.807) is 24.3 Å². The molecule has 1 N–H and O–H groups in total. The second kappa shape index (κ2) is 8.77. The van der Waals surface area contributed by atoms with Crippen LogP contribution in [-0.2, 0) is 6.54 Å². The third-order valence-corrected chi connectivity index (χ3v) is 5.57. The predicted octanol–water partition coefficient (Wildman–Crippen LogP) is 4.54. The minimum absolute atomic E-state index is 0.0103. The molecule has 0 aliphatic carbocycles. The van der Waals surface area contributed by atoms with Gasteiger partial charge in [0, 0.05) is 23.9 Å². The highest BCUT2D eigenvalue weighted by Gasteiger charge is 2.36. The van der Waals surface area contributed by atoms with E-state index in [1.165, 1.54) is 36.5 Å². The molecule has 3 amide bonds. The SMILES string of the molecule is O=C(Nc1ccn(Cc2c(F)c(F)cc(F)c2F)n1)c1cccc(N2C(=O)c3ccccc3C2=O)c1. The summed E-state index contributed by atoms with van der Waals surface area (Å²) in [5.74, 6) is -7.85. The third-order valence-electron chi connectivity index (χ3n) is 5.57. The number of benzene rings is 3. The second-order valence-electron chi connectivity index (χ2n) is 7.84. The van der Waals surface area contributed by atoms with Crippen LogP contribution < -0.4 is 10.2 Å². The Bertz CT molecular complexity index is 1510. The van der Waals surface area contributed by atoms with E-state index in [1.807, 2.05) is 0 Å². The molecule has 3 aromatic carbocycles. The maximum atomic E-state index is 13.9. The normalized spacial score (nSPS) is 12.7. The van der Waals surface area contributed by atoms with Gasteiger partial charge < -0.3 is 5.32 Å². The van der Waals surface area contributed by atoms with E-state index in [0.29, 0.717) is 0 Å².